The lowest BCUT2D eigenvalue weighted by atomic mass is 10.1. The lowest BCUT2D eigenvalue weighted by Crippen LogP contribution is -2.51. The van der Waals surface area contributed by atoms with E-state index < -0.39 is 22.0 Å². The molecule has 0 radical (unpaired) electrons. The van der Waals surface area contributed by atoms with Gasteiger partial charge in [0.05, 0.1) is 11.4 Å². The molecule has 0 saturated carbocycles. The molecular formula is C22H29N3O4S. The Labute approximate surface area is 178 Å². The number of sulfonamides is 1. The van der Waals surface area contributed by atoms with Gasteiger partial charge in [-0.1, -0.05) is 48.0 Å². The fourth-order valence-electron chi connectivity index (χ4n) is 3.04. The number of benzene rings is 2. The van der Waals surface area contributed by atoms with Crippen LogP contribution in [0.25, 0.3) is 0 Å². The predicted octanol–water partition coefficient (Wildman–Crippen LogP) is 1.82. The first kappa shape index (κ1) is 23.6. The van der Waals surface area contributed by atoms with E-state index >= 15 is 0 Å². The summed E-state index contributed by atoms with van der Waals surface area (Å²) in [7, 11) is -0.943. The van der Waals surface area contributed by atoms with E-state index in [0.717, 1.165) is 15.4 Å². The van der Waals surface area contributed by atoms with Crippen LogP contribution in [0.1, 0.15) is 18.1 Å². The molecule has 0 unspecified atom stereocenters. The van der Waals surface area contributed by atoms with Crippen LogP contribution in [0.5, 0.6) is 0 Å². The van der Waals surface area contributed by atoms with Crippen molar-refractivity contribution in [2.45, 2.75) is 31.2 Å². The Hall–Kier alpha value is -2.71. The topological polar surface area (TPSA) is 86.8 Å². The summed E-state index contributed by atoms with van der Waals surface area (Å²) in [6, 6.07) is 15.4. The highest BCUT2D eigenvalue weighted by Crippen LogP contribution is 2.16. The Balaban J connectivity index is 2.17. The highest BCUT2D eigenvalue weighted by atomic mass is 32.2. The summed E-state index contributed by atoms with van der Waals surface area (Å²) < 4.78 is 26.7. The fraction of sp³-hybridized carbons (Fsp3) is 0.364. The molecule has 0 aliphatic rings. The van der Waals surface area contributed by atoms with Gasteiger partial charge in [-0.15, -0.1) is 0 Å². The molecule has 2 aromatic carbocycles. The van der Waals surface area contributed by atoms with Crippen molar-refractivity contribution in [3.8, 4) is 0 Å². The third-order valence-electron chi connectivity index (χ3n) is 4.98. The molecule has 1 N–H and O–H groups in total. The second-order valence-corrected chi connectivity index (χ2v) is 9.23. The monoisotopic (exact) mass is 431 g/mol. The summed E-state index contributed by atoms with van der Waals surface area (Å²) >= 11 is 0. The van der Waals surface area contributed by atoms with Crippen molar-refractivity contribution in [2.24, 2.45) is 0 Å². The molecule has 0 fully saturated rings. The second kappa shape index (κ2) is 10.4. The molecule has 30 heavy (non-hydrogen) atoms. The minimum atomic E-state index is -3.82. The van der Waals surface area contributed by atoms with Crippen LogP contribution in [0, 0.1) is 6.92 Å². The average Bonchev–Trinajstić information content (AvgIpc) is 2.74. The maximum absolute atomic E-state index is 13.0. The van der Waals surface area contributed by atoms with E-state index in [4.69, 9.17) is 0 Å². The first-order valence-corrected chi connectivity index (χ1v) is 11.2. The minimum absolute atomic E-state index is 0.124. The zero-order chi connectivity index (χ0) is 22.3. The molecule has 2 aromatic rings. The van der Waals surface area contributed by atoms with Gasteiger partial charge in [-0.25, -0.2) is 8.42 Å². The van der Waals surface area contributed by atoms with Gasteiger partial charge in [0, 0.05) is 20.6 Å². The van der Waals surface area contributed by atoms with Gasteiger partial charge in [0.2, 0.25) is 21.8 Å². The highest BCUT2D eigenvalue weighted by molar-refractivity contribution is 7.89. The summed E-state index contributed by atoms with van der Waals surface area (Å²) in [6.07, 6.45) is 0.558. The molecular weight excluding hydrogens is 402 g/mol. The van der Waals surface area contributed by atoms with Crippen LogP contribution in [0.2, 0.25) is 0 Å². The zero-order valence-electron chi connectivity index (χ0n) is 17.8. The van der Waals surface area contributed by atoms with E-state index in [-0.39, 0.29) is 17.3 Å². The quantitative estimate of drug-likeness (QED) is 0.656. The van der Waals surface area contributed by atoms with Crippen molar-refractivity contribution in [1.29, 1.82) is 0 Å². The van der Waals surface area contributed by atoms with E-state index in [2.05, 4.69) is 5.32 Å². The number of rotatable bonds is 9. The third-order valence-corrected chi connectivity index (χ3v) is 6.80. The number of hydrogen-bond donors (Lipinski definition) is 1. The Morgan fingerprint density at radius 3 is 2.20 bits per heavy atom. The van der Waals surface area contributed by atoms with Crippen LogP contribution >= 0.6 is 0 Å². The van der Waals surface area contributed by atoms with Gasteiger partial charge in [-0.2, -0.15) is 4.31 Å². The predicted molar refractivity (Wildman–Crippen MR) is 116 cm³/mol. The number of nitrogens with zero attached hydrogens (tertiary/aromatic N) is 2. The molecule has 7 nitrogen and oxygen atoms in total. The normalized spacial score (nSPS) is 12.4. The van der Waals surface area contributed by atoms with Crippen molar-refractivity contribution in [3.63, 3.8) is 0 Å². The molecule has 0 bridgehead atoms. The largest absolute Gasteiger partial charge is 0.357 e. The van der Waals surface area contributed by atoms with Crippen LogP contribution < -0.4 is 5.32 Å². The third kappa shape index (κ3) is 5.90. The molecule has 0 aromatic heterocycles. The maximum atomic E-state index is 13.0. The van der Waals surface area contributed by atoms with Crippen molar-refractivity contribution in [1.82, 2.24) is 14.5 Å². The Kier molecular flexibility index (Phi) is 8.14. The van der Waals surface area contributed by atoms with Crippen molar-refractivity contribution < 1.29 is 18.0 Å². The van der Waals surface area contributed by atoms with Crippen LogP contribution in [-0.4, -0.2) is 62.7 Å². The first-order valence-electron chi connectivity index (χ1n) is 9.74. The number of carbonyl (C=O) groups excluding carboxylic acids is 2. The minimum Gasteiger partial charge on any atom is -0.357 e. The van der Waals surface area contributed by atoms with E-state index in [1.165, 1.54) is 31.1 Å². The lowest BCUT2D eigenvalue weighted by Gasteiger charge is -2.30. The molecule has 162 valence electrons. The molecule has 2 amide bonds. The summed E-state index contributed by atoms with van der Waals surface area (Å²) in [5.74, 6) is -0.735. The van der Waals surface area contributed by atoms with Gasteiger partial charge in [0.25, 0.3) is 0 Å². The molecule has 2 rings (SSSR count). The SMILES string of the molecule is CNC(=O)[C@H](C)N(CCc1ccccc1)C(=O)CN(C)S(=O)(=O)c1ccc(C)cc1. The summed E-state index contributed by atoms with van der Waals surface area (Å²) in [4.78, 5) is 26.7. The smallest absolute Gasteiger partial charge is 0.243 e. The van der Waals surface area contributed by atoms with Crippen molar-refractivity contribution in [2.75, 3.05) is 27.2 Å². The Morgan fingerprint density at radius 1 is 1.03 bits per heavy atom. The molecule has 0 aliphatic carbocycles. The van der Waals surface area contributed by atoms with E-state index in [1.54, 1.807) is 19.1 Å². The van der Waals surface area contributed by atoms with Gasteiger partial charge < -0.3 is 10.2 Å². The summed E-state index contributed by atoms with van der Waals surface area (Å²) in [6.45, 7) is 3.45. The second-order valence-electron chi connectivity index (χ2n) is 7.19. The molecule has 8 heteroatoms. The lowest BCUT2D eigenvalue weighted by molar-refractivity contribution is -0.139. The van der Waals surface area contributed by atoms with Gasteiger partial charge in [0.15, 0.2) is 0 Å². The number of nitrogens with one attached hydrogen (secondary N) is 1. The molecule has 0 saturated heterocycles. The Morgan fingerprint density at radius 2 is 1.63 bits per heavy atom. The summed E-state index contributed by atoms with van der Waals surface area (Å²) in [5, 5.41) is 2.55. The number of likely N-dealkylation sites (N-methyl/N-ethyl adjacent to an activating group) is 2. The van der Waals surface area contributed by atoms with Crippen LogP contribution in [0.3, 0.4) is 0 Å². The van der Waals surface area contributed by atoms with Crippen LogP contribution in [-0.2, 0) is 26.0 Å². The molecule has 0 aliphatic heterocycles. The number of carbonyl (C=O) groups is 2. The van der Waals surface area contributed by atoms with Crippen LogP contribution in [0.15, 0.2) is 59.5 Å². The van der Waals surface area contributed by atoms with E-state index in [0.29, 0.717) is 13.0 Å². The number of aryl methyl sites for hydroxylation is 1. The zero-order valence-corrected chi connectivity index (χ0v) is 18.6. The standard InChI is InChI=1S/C22H29N3O4S/c1-17-10-12-20(13-11-17)30(28,29)24(4)16-21(26)25(18(2)22(27)23-3)15-14-19-8-6-5-7-9-19/h5-13,18H,14-16H2,1-4H3,(H,23,27)/t18-/m0/s1. The van der Waals surface area contributed by atoms with E-state index in [9.17, 15) is 18.0 Å². The first-order chi connectivity index (χ1) is 14.2. The van der Waals surface area contributed by atoms with Crippen molar-refractivity contribution >= 4 is 21.8 Å². The summed E-state index contributed by atoms with van der Waals surface area (Å²) in [5.41, 5.74) is 1.97. The Bertz CT molecular complexity index is 960. The number of amides is 2. The molecule has 0 spiro atoms. The number of hydrogen-bond acceptors (Lipinski definition) is 4. The van der Waals surface area contributed by atoms with Gasteiger partial charge in [-0.05, 0) is 38.0 Å². The molecule has 0 heterocycles. The van der Waals surface area contributed by atoms with Gasteiger partial charge >= 0.3 is 0 Å². The van der Waals surface area contributed by atoms with Gasteiger partial charge in [-0.3, -0.25) is 9.59 Å². The fourth-order valence-corrected chi connectivity index (χ4v) is 4.16. The average molecular weight is 432 g/mol. The van der Waals surface area contributed by atoms with Gasteiger partial charge in [0.1, 0.15) is 6.04 Å². The highest BCUT2D eigenvalue weighted by Gasteiger charge is 2.29. The van der Waals surface area contributed by atoms with Crippen molar-refractivity contribution in [3.05, 3.63) is 65.7 Å². The van der Waals surface area contributed by atoms with E-state index in [1.807, 2.05) is 37.3 Å². The maximum Gasteiger partial charge on any atom is 0.243 e. The molecule has 1 atom stereocenters. The van der Waals surface area contributed by atoms with Crippen LogP contribution in [0.4, 0.5) is 0 Å².